The third kappa shape index (κ3) is 3.90. The Kier molecular flexibility index (Phi) is 4.76. The number of sulfonamides is 1. The number of aliphatic hydroxyl groups is 1. The van der Waals surface area contributed by atoms with Crippen molar-refractivity contribution in [2.24, 2.45) is 0 Å². The lowest BCUT2D eigenvalue weighted by Crippen LogP contribution is -2.23. The SMILES string of the molecule is CCc1cnc(CNS(=O)(=O)c2cccc(C(C)O)c2)o1. The maximum atomic E-state index is 12.2. The van der Waals surface area contributed by atoms with Gasteiger partial charge in [0.1, 0.15) is 5.76 Å². The summed E-state index contributed by atoms with van der Waals surface area (Å²) in [5.74, 6) is 1.03. The predicted octanol–water partition coefficient (Wildman–Crippen LogP) is 1.77. The fraction of sp³-hybridized carbons (Fsp3) is 0.357. The molecule has 0 saturated heterocycles. The van der Waals surface area contributed by atoms with Crippen LogP contribution in [0.3, 0.4) is 0 Å². The summed E-state index contributed by atoms with van der Waals surface area (Å²) in [6.45, 7) is 3.50. The fourth-order valence-corrected chi connectivity index (χ4v) is 2.80. The molecule has 0 saturated carbocycles. The largest absolute Gasteiger partial charge is 0.444 e. The topological polar surface area (TPSA) is 92.4 Å². The average molecular weight is 310 g/mol. The Labute approximate surface area is 123 Å². The van der Waals surface area contributed by atoms with Crippen LogP contribution in [-0.4, -0.2) is 18.5 Å². The summed E-state index contributed by atoms with van der Waals surface area (Å²) in [6, 6.07) is 6.18. The van der Waals surface area contributed by atoms with E-state index in [2.05, 4.69) is 9.71 Å². The quantitative estimate of drug-likeness (QED) is 0.848. The van der Waals surface area contributed by atoms with E-state index in [0.717, 1.165) is 0 Å². The van der Waals surface area contributed by atoms with E-state index in [9.17, 15) is 13.5 Å². The van der Waals surface area contributed by atoms with Crippen molar-refractivity contribution in [2.45, 2.75) is 37.8 Å². The number of aryl methyl sites for hydroxylation is 1. The van der Waals surface area contributed by atoms with Crippen molar-refractivity contribution in [3.63, 3.8) is 0 Å². The number of aromatic nitrogens is 1. The highest BCUT2D eigenvalue weighted by Crippen LogP contribution is 2.17. The molecule has 2 N–H and O–H groups in total. The number of benzene rings is 1. The highest BCUT2D eigenvalue weighted by atomic mass is 32.2. The zero-order chi connectivity index (χ0) is 15.5. The predicted molar refractivity (Wildman–Crippen MR) is 77.0 cm³/mol. The first-order valence-electron chi connectivity index (χ1n) is 6.63. The van der Waals surface area contributed by atoms with E-state index in [1.807, 2.05) is 6.92 Å². The molecule has 0 spiro atoms. The molecule has 0 radical (unpaired) electrons. The molecule has 1 atom stereocenters. The molecule has 1 aromatic carbocycles. The summed E-state index contributed by atoms with van der Waals surface area (Å²) >= 11 is 0. The minimum Gasteiger partial charge on any atom is -0.444 e. The van der Waals surface area contributed by atoms with Crippen LogP contribution in [0.4, 0.5) is 0 Å². The zero-order valence-electron chi connectivity index (χ0n) is 11.9. The normalized spacial score (nSPS) is 13.3. The summed E-state index contributed by atoms with van der Waals surface area (Å²) in [4.78, 5) is 4.10. The molecule has 0 aliphatic carbocycles. The van der Waals surface area contributed by atoms with Gasteiger partial charge in [-0.1, -0.05) is 19.1 Å². The average Bonchev–Trinajstić information content (AvgIpc) is 2.93. The molecule has 21 heavy (non-hydrogen) atoms. The van der Waals surface area contributed by atoms with Crippen molar-refractivity contribution < 1.29 is 17.9 Å². The van der Waals surface area contributed by atoms with Gasteiger partial charge in [0.25, 0.3) is 0 Å². The molecule has 1 heterocycles. The van der Waals surface area contributed by atoms with Gasteiger partial charge in [0.15, 0.2) is 0 Å². The Morgan fingerprint density at radius 2 is 2.19 bits per heavy atom. The lowest BCUT2D eigenvalue weighted by atomic mass is 10.1. The summed E-state index contributed by atoms with van der Waals surface area (Å²) in [6.07, 6.45) is 1.56. The van der Waals surface area contributed by atoms with Gasteiger partial charge in [0.05, 0.1) is 23.7 Å². The monoisotopic (exact) mass is 310 g/mol. The summed E-state index contributed by atoms with van der Waals surface area (Å²) < 4.78 is 32.2. The van der Waals surface area contributed by atoms with Gasteiger partial charge < -0.3 is 9.52 Å². The Morgan fingerprint density at radius 1 is 1.43 bits per heavy atom. The maximum absolute atomic E-state index is 12.2. The molecule has 1 aromatic heterocycles. The molecular formula is C14H18N2O4S. The van der Waals surface area contributed by atoms with Gasteiger partial charge in [-0.05, 0) is 24.6 Å². The van der Waals surface area contributed by atoms with Crippen molar-refractivity contribution in [3.05, 3.63) is 47.7 Å². The summed E-state index contributed by atoms with van der Waals surface area (Å²) in [7, 11) is -3.67. The summed E-state index contributed by atoms with van der Waals surface area (Å²) in [5, 5.41) is 9.51. The highest BCUT2D eigenvalue weighted by molar-refractivity contribution is 7.89. The van der Waals surface area contributed by atoms with E-state index in [1.165, 1.54) is 12.1 Å². The second kappa shape index (κ2) is 6.38. The van der Waals surface area contributed by atoms with Gasteiger partial charge in [0.2, 0.25) is 15.9 Å². The molecule has 114 valence electrons. The Balaban J connectivity index is 2.12. The summed E-state index contributed by atoms with van der Waals surface area (Å²) in [5.41, 5.74) is 0.544. The van der Waals surface area contributed by atoms with Crippen LogP contribution in [0.1, 0.15) is 37.2 Å². The van der Waals surface area contributed by atoms with Crippen molar-refractivity contribution >= 4 is 10.0 Å². The van der Waals surface area contributed by atoms with Crippen LogP contribution in [-0.2, 0) is 23.0 Å². The van der Waals surface area contributed by atoms with Crippen LogP contribution in [0.15, 0.2) is 39.8 Å². The zero-order valence-corrected chi connectivity index (χ0v) is 12.7. The van der Waals surface area contributed by atoms with Gasteiger partial charge in [-0.3, -0.25) is 0 Å². The van der Waals surface area contributed by atoms with Gasteiger partial charge in [-0.2, -0.15) is 0 Å². The third-order valence-electron chi connectivity index (χ3n) is 3.01. The van der Waals surface area contributed by atoms with Gasteiger partial charge >= 0.3 is 0 Å². The molecule has 7 heteroatoms. The van der Waals surface area contributed by atoms with Crippen LogP contribution in [0.25, 0.3) is 0 Å². The standard InChI is InChI=1S/C14H18N2O4S/c1-3-12-8-15-14(20-12)9-16-21(18,19)13-6-4-5-11(7-13)10(2)17/h4-8,10,16-17H,3,9H2,1-2H3. The molecule has 0 bridgehead atoms. The first-order chi connectivity index (χ1) is 9.92. The number of rotatable bonds is 6. The minimum atomic E-state index is -3.67. The van der Waals surface area contributed by atoms with Gasteiger partial charge in [-0.25, -0.2) is 18.1 Å². The molecule has 0 aliphatic rings. The number of aliphatic hydroxyl groups excluding tert-OH is 1. The van der Waals surface area contributed by atoms with Crippen LogP contribution >= 0.6 is 0 Å². The number of hydrogen-bond donors (Lipinski definition) is 2. The molecule has 2 aromatic rings. The molecule has 0 aliphatic heterocycles. The first-order valence-corrected chi connectivity index (χ1v) is 8.12. The van der Waals surface area contributed by atoms with Crippen LogP contribution in [0.5, 0.6) is 0 Å². The van der Waals surface area contributed by atoms with Crippen LogP contribution in [0.2, 0.25) is 0 Å². The van der Waals surface area contributed by atoms with Crippen LogP contribution < -0.4 is 4.72 Å². The van der Waals surface area contributed by atoms with E-state index in [-0.39, 0.29) is 11.4 Å². The van der Waals surface area contributed by atoms with Gasteiger partial charge in [0, 0.05) is 6.42 Å². The minimum absolute atomic E-state index is 0.0127. The second-order valence-electron chi connectivity index (χ2n) is 4.65. The van der Waals surface area contributed by atoms with Gasteiger partial charge in [-0.15, -0.1) is 0 Å². The smallest absolute Gasteiger partial charge is 0.241 e. The first kappa shape index (κ1) is 15.7. The van der Waals surface area contributed by atoms with Crippen molar-refractivity contribution in [2.75, 3.05) is 0 Å². The van der Waals surface area contributed by atoms with Crippen molar-refractivity contribution in [1.29, 1.82) is 0 Å². The maximum Gasteiger partial charge on any atom is 0.241 e. The number of nitrogens with zero attached hydrogens (tertiary/aromatic N) is 1. The van der Waals surface area contributed by atoms with E-state index in [1.54, 1.807) is 25.3 Å². The lowest BCUT2D eigenvalue weighted by molar-refractivity contribution is 0.199. The fourth-order valence-electron chi connectivity index (χ4n) is 1.77. The second-order valence-corrected chi connectivity index (χ2v) is 6.41. The van der Waals surface area contributed by atoms with E-state index >= 15 is 0 Å². The molecule has 1 unspecified atom stereocenters. The Hall–Kier alpha value is -1.70. The van der Waals surface area contributed by atoms with E-state index < -0.39 is 16.1 Å². The third-order valence-corrected chi connectivity index (χ3v) is 4.41. The van der Waals surface area contributed by atoms with Crippen molar-refractivity contribution in [1.82, 2.24) is 9.71 Å². The highest BCUT2D eigenvalue weighted by Gasteiger charge is 2.16. The van der Waals surface area contributed by atoms with E-state index in [4.69, 9.17) is 4.42 Å². The molecule has 2 rings (SSSR count). The Morgan fingerprint density at radius 3 is 2.81 bits per heavy atom. The van der Waals surface area contributed by atoms with E-state index in [0.29, 0.717) is 23.6 Å². The molecule has 0 fully saturated rings. The molecular weight excluding hydrogens is 292 g/mol. The molecule has 6 nitrogen and oxygen atoms in total. The number of hydrogen-bond acceptors (Lipinski definition) is 5. The van der Waals surface area contributed by atoms with Crippen molar-refractivity contribution in [3.8, 4) is 0 Å². The Bertz CT molecular complexity index is 707. The lowest BCUT2D eigenvalue weighted by Gasteiger charge is -2.08. The number of nitrogens with one attached hydrogen (secondary N) is 1. The molecule has 0 amide bonds. The number of oxazole rings is 1. The van der Waals surface area contributed by atoms with Crippen LogP contribution in [0, 0.1) is 0 Å².